The van der Waals surface area contributed by atoms with Gasteiger partial charge < -0.3 is 5.21 Å². The summed E-state index contributed by atoms with van der Waals surface area (Å²) in [6.45, 7) is 1.68. The quantitative estimate of drug-likeness (QED) is 0.649. The van der Waals surface area contributed by atoms with E-state index in [1.165, 1.54) is 64.2 Å². The van der Waals surface area contributed by atoms with Gasteiger partial charge in [-0.25, -0.2) is 0 Å². The maximum Gasteiger partial charge on any atom is 0.0329 e. The highest BCUT2D eigenvalue weighted by molar-refractivity contribution is 8.00. The van der Waals surface area contributed by atoms with Gasteiger partial charge in [0.25, 0.3) is 0 Å². The summed E-state index contributed by atoms with van der Waals surface area (Å²) < 4.78 is 0. The van der Waals surface area contributed by atoms with Crippen LogP contribution in [0.5, 0.6) is 0 Å². The molecule has 1 N–H and O–H groups in total. The van der Waals surface area contributed by atoms with Crippen LogP contribution < -0.4 is 0 Å². The lowest BCUT2D eigenvalue weighted by Gasteiger charge is -2.23. The summed E-state index contributed by atoms with van der Waals surface area (Å²) in [6.07, 6.45) is 14.1. The molecule has 2 rings (SSSR count). The predicted octanol–water partition coefficient (Wildman–Crippen LogP) is 4.81. The van der Waals surface area contributed by atoms with Crippen LogP contribution in [0.15, 0.2) is 0 Å². The molecule has 0 unspecified atom stereocenters. The average molecular weight is 318 g/mol. The minimum Gasteiger partial charge on any atom is -0.314 e. The zero-order valence-electron chi connectivity index (χ0n) is 12.8. The van der Waals surface area contributed by atoms with Crippen LogP contribution in [0.4, 0.5) is 0 Å². The first-order chi connectivity index (χ1) is 9.84. The summed E-state index contributed by atoms with van der Waals surface area (Å²) in [5.74, 6) is 2.19. The Morgan fingerprint density at radius 2 is 1.10 bits per heavy atom. The summed E-state index contributed by atoms with van der Waals surface area (Å²) in [5, 5.41) is 13.2. The topological polar surface area (TPSA) is 23.5 Å². The second kappa shape index (κ2) is 10.4. The molecule has 0 radical (unpaired) electrons. The fourth-order valence-electron chi connectivity index (χ4n) is 3.22. The Balaban J connectivity index is 1.44. The van der Waals surface area contributed by atoms with Crippen molar-refractivity contribution in [2.45, 2.75) is 74.7 Å². The molecule has 0 amide bonds. The van der Waals surface area contributed by atoms with E-state index in [0.29, 0.717) is 0 Å². The lowest BCUT2D eigenvalue weighted by atomic mass is 10.0. The minimum absolute atomic E-state index is 0.840. The molecule has 2 aliphatic rings. The van der Waals surface area contributed by atoms with Crippen LogP contribution in [0.1, 0.15) is 64.2 Å². The highest BCUT2D eigenvalue weighted by Gasteiger charge is 2.15. The van der Waals surface area contributed by atoms with Crippen molar-refractivity contribution in [3.63, 3.8) is 0 Å². The van der Waals surface area contributed by atoms with Crippen LogP contribution in [0, 0.1) is 0 Å². The molecule has 0 heterocycles. The molecule has 0 aromatic rings. The van der Waals surface area contributed by atoms with Gasteiger partial charge in [-0.15, -0.1) is 0 Å². The van der Waals surface area contributed by atoms with Gasteiger partial charge in [0, 0.05) is 35.1 Å². The molecule has 2 aliphatic carbocycles. The molecule has 4 heteroatoms. The van der Waals surface area contributed by atoms with Gasteiger partial charge in [0.15, 0.2) is 0 Å². The van der Waals surface area contributed by atoms with Gasteiger partial charge in [0.1, 0.15) is 0 Å². The summed E-state index contributed by atoms with van der Waals surface area (Å²) >= 11 is 4.16. The third kappa shape index (κ3) is 7.06. The molecule has 20 heavy (non-hydrogen) atoms. The van der Waals surface area contributed by atoms with Crippen molar-refractivity contribution in [2.24, 2.45) is 0 Å². The number of hydrogen-bond donors (Lipinski definition) is 1. The second-order valence-corrected chi connectivity index (χ2v) is 9.03. The first kappa shape index (κ1) is 17.0. The zero-order chi connectivity index (χ0) is 14.0. The van der Waals surface area contributed by atoms with E-state index < -0.39 is 0 Å². The van der Waals surface area contributed by atoms with Gasteiger partial charge >= 0.3 is 0 Å². The van der Waals surface area contributed by atoms with Gasteiger partial charge in [-0.2, -0.15) is 28.6 Å². The standard InChI is InChI=1S/C16H31NOS2/c18-17(11-13-19-15-7-3-1-4-8-15)12-14-20-16-9-5-2-6-10-16/h15-16,18H,1-14H2. The van der Waals surface area contributed by atoms with E-state index in [1.807, 2.05) is 0 Å². The normalized spacial score (nSPS) is 22.5. The molecule has 0 bridgehead atoms. The molecule has 2 fully saturated rings. The van der Waals surface area contributed by atoms with Crippen molar-refractivity contribution < 1.29 is 5.21 Å². The van der Waals surface area contributed by atoms with Crippen LogP contribution in [-0.2, 0) is 0 Å². The largest absolute Gasteiger partial charge is 0.314 e. The molecule has 0 aliphatic heterocycles. The Hall–Kier alpha value is 0.620. The Bertz CT molecular complexity index is 217. The third-order valence-electron chi connectivity index (χ3n) is 4.51. The SMILES string of the molecule is ON(CCSC1CCCCC1)CCSC1CCCCC1. The van der Waals surface area contributed by atoms with Gasteiger partial charge in [0.2, 0.25) is 0 Å². The lowest BCUT2D eigenvalue weighted by Crippen LogP contribution is -2.26. The Morgan fingerprint density at radius 3 is 1.50 bits per heavy atom. The molecule has 0 atom stereocenters. The van der Waals surface area contributed by atoms with E-state index in [1.54, 1.807) is 5.06 Å². The van der Waals surface area contributed by atoms with E-state index in [4.69, 9.17) is 0 Å². The maximum absolute atomic E-state index is 9.91. The Labute approximate surface area is 133 Å². The maximum atomic E-state index is 9.91. The highest BCUT2D eigenvalue weighted by Crippen LogP contribution is 2.29. The fraction of sp³-hybridized carbons (Fsp3) is 1.00. The summed E-state index contributed by atoms with van der Waals surface area (Å²) in [6, 6.07) is 0. The van der Waals surface area contributed by atoms with Crippen LogP contribution >= 0.6 is 23.5 Å². The molecular weight excluding hydrogens is 286 g/mol. The molecule has 0 spiro atoms. The molecule has 0 aromatic carbocycles. The first-order valence-corrected chi connectivity index (χ1v) is 10.6. The van der Waals surface area contributed by atoms with Crippen molar-refractivity contribution in [1.82, 2.24) is 5.06 Å². The van der Waals surface area contributed by atoms with Gasteiger partial charge in [-0.1, -0.05) is 38.5 Å². The Morgan fingerprint density at radius 1 is 0.700 bits per heavy atom. The van der Waals surface area contributed by atoms with Gasteiger partial charge in [-0.05, 0) is 25.7 Å². The van der Waals surface area contributed by atoms with Gasteiger partial charge in [0.05, 0.1) is 0 Å². The van der Waals surface area contributed by atoms with E-state index in [0.717, 1.165) is 35.1 Å². The first-order valence-electron chi connectivity index (χ1n) is 8.51. The van der Waals surface area contributed by atoms with Crippen molar-refractivity contribution >= 4 is 23.5 Å². The summed E-state index contributed by atoms with van der Waals surface area (Å²) in [4.78, 5) is 0. The number of nitrogens with zero attached hydrogens (tertiary/aromatic N) is 1. The predicted molar refractivity (Wildman–Crippen MR) is 92.0 cm³/mol. The highest BCUT2D eigenvalue weighted by atomic mass is 32.2. The smallest absolute Gasteiger partial charge is 0.0329 e. The average Bonchev–Trinajstić information content (AvgIpc) is 2.49. The van der Waals surface area contributed by atoms with Crippen LogP contribution in [0.3, 0.4) is 0 Å². The second-order valence-electron chi connectivity index (χ2n) is 6.22. The fourth-order valence-corrected chi connectivity index (χ4v) is 5.86. The molecule has 2 saturated carbocycles. The zero-order valence-corrected chi connectivity index (χ0v) is 14.4. The number of hydroxylamine groups is 2. The lowest BCUT2D eigenvalue weighted by molar-refractivity contribution is -0.0792. The van der Waals surface area contributed by atoms with E-state index in [2.05, 4.69) is 23.5 Å². The minimum atomic E-state index is 0.840. The van der Waals surface area contributed by atoms with Crippen LogP contribution in [-0.4, -0.2) is 45.4 Å². The molecule has 0 saturated heterocycles. The summed E-state index contributed by atoms with van der Waals surface area (Å²) in [5.41, 5.74) is 0. The third-order valence-corrected chi connectivity index (χ3v) is 7.23. The van der Waals surface area contributed by atoms with Crippen molar-refractivity contribution in [3.8, 4) is 0 Å². The number of hydrogen-bond acceptors (Lipinski definition) is 4. The summed E-state index contributed by atoms with van der Waals surface area (Å²) in [7, 11) is 0. The Kier molecular flexibility index (Phi) is 8.80. The number of thioether (sulfide) groups is 2. The van der Waals surface area contributed by atoms with Gasteiger partial charge in [-0.3, -0.25) is 0 Å². The van der Waals surface area contributed by atoms with E-state index >= 15 is 0 Å². The molecule has 118 valence electrons. The van der Waals surface area contributed by atoms with E-state index in [-0.39, 0.29) is 0 Å². The monoisotopic (exact) mass is 317 g/mol. The van der Waals surface area contributed by atoms with Crippen LogP contribution in [0.2, 0.25) is 0 Å². The van der Waals surface area contributed by atoms with Crippen molar-refractivity contribution in [1.29, 1.82) is 0 Å². The molecular formula is C16H31NOS2. The van der Waals surface area contributed by atoms with Crippen molar-refractivity contribution in [3.05, 3.63) is 0 Å². The van der Waals surface area contributed by atoms with Crippen molar-refractivity contribution in [2.75, 3.05) is 24.6 Å². The molecule has 2 nitrogen and oxygen atoms in total. The molecule has 0 aromatic heterocycles. The number of rotatable bonds is 8. The van der Waals surface area contributed by atoms with E-state index in [9.17, 15) is 5.21 Å². The van der Waals surface area contributed by atoms with Crippen LogP contribution in [0.25, 0.3) is 0 Å².